The Morgan fingerprint density at radius 2 is 2.38 bits per heavy atom. The standard InChI is InChI=1S/C16H28N4S/c1-13-6-4-8-20(12-13)14(2)10-18-16(17-3)19-11-15-7-5-9-21-15/h5,7,9,13-14H,4,6,8,10-12H2,1-3H3,(H2,17,18,19). The second kappa shape index (κ2) is 8.39. The molecule has 21 heavy (non-hydrogen) atoms. The van der Waals surface area contributed by atoms with Crippen molar-refractivity contribution in [3.05, 3.63) is 22.4 Å². The van der Waals surface area contributed by atoms with E-state index in [0.717, 1.165) is 25.0 Å². The molecule has 1 aliphatic heterocycles. The largest absolute Gasteiger partial charge is 0.355 e. The van der Waals surface area contributed by atoms with Crippen molar-refractivity contribution in [2.24, 2.45) is 10.9 Å². The van der Waals surface area contributed by atoms with E-state index < -0.39 is 0 Å². The fourth-order valence-electron chi connectivity index (χ4n) is 2.80. The van der Waals surface area contributed by atoms with Crippen LogP contribution >= 0.6 is 11.3 Å². The molecule has 0 amide bonds. The zero-order chi connectivity index (χ0) is 15.1. The van der Waals surface area contributed by atoms with Crippen molar-refractivity contribution in [1.82, 2.24) is 15.5 Å². The Labute approximate surface area is 132 Å². The van der Waals surface area contributed by atoms with Crippen LogP contribution in [0.25, 0.3) is 0 Å². The summed E-state index contributed by atoms with van der Waals surface area (Å²) < 4.78 is 0. The Hall–Kier alpha value is -1.07. The molecule has 0 bridgehead atoms. The molecular formula is C16H28N4S. The number of piperidine rings is 1. The Morgan fingerprint density at radius 3 is 3.05 bits per heavy atom. The molecule has 1 saturated heterocycles. The number of hydrogen-bond donors (Lipinski definition) is 2. The van der Waals surface area contributed by atoms with Crippen LogP contribution < -0.4 is 10.6 Å². The van der Waals surface area contributed by atoms with Crippen molar-refractivity contribution in [2.45, 2.75) is 39.3 Å². The van der Waals surface area contributed by atoms with Crippen molar-refractivity contribution >= 4 is 17.3 Å². The third-order valence-corrected chi connectivity index (χ3v) is 4.99. The zero-order valence-electron chi connectivity index (χ0n) is 13.4. The Balaban J connectivity index is 1.72. The monoisotopic (exact) mass is 308 g/mol. The molecule has 0 spiro atoms. The minimum Gasteiger partial charge on any atom is -0.355 e. The first-order valence-electron chi connectivity index (χ1n) is 7.90. The summed E-state index contributed by atoms with van der Waals surface area (Å²) in [5.74, 6) is 1.72. The second-order valence-electron chi connectivity index (χ2n) is 5.98. The van der Waals surface area contributed by atoms with Crippen molar-refractivity contribution < 1.29 is 0 Å². The quantitative estimate of drug-likeness (QED) is 0.649. The fraction of sp³-hybridized carbons (Fsp3) is 0.688. The van der Waals surface area contributed by atoms with Crippen LogP contribution in [0.15, 0.2) is 22.5 Å². The first-order valence-corrected chi connectivity index (χ1v) is 8.78. The van der Waals surface area contributed by atoms with Gasteiger partial charge in [0.1, 0.15) is 0 Å². The van der Waals surface area contributed by atoms with Gasteiger partial charge >= 0.3 is 0 Å². The predicted molar refractivity (Wildman–Crippen MR) is 92.0 cm³/mol. The van der Waals surface area contributed by atoms with E-state index in [2.05, 4.69) is 51.9 Å². The summed E-state index contributed by atoms with van der Waals surface area (Å²) in [5.41, 5.74) is 0. The van der Waals surface area contributed by atoms with Crippen LogP contribution in [-0.4, -0.2) is 43.6 Å². The van der Waals surface area contributed by atoms with Crippen molar-refractivity contribution in [2.75, 3.05) is 26.7 Å². The molecule has 4 nitrogen and oxygen atoms in total. The second-order valence-corrected chi connectivity index (χ2v) is 7.01. The number of hydrogen-bond acceptors (Lipinski definition) is 3. The molecule has 2 unspecified atom stereocenters. The van der Waals surface area contributed by atoms with Crippen LogP contribution in [0.5, 0.6) is 0 Å². The summed E-state index contributed by atoms with van der Waals surface area (Å²) in [6.07, 6.45) is 2.71. The van der Waals surface area contributed by atoms with E-state index in [1.54, 1.807) is 11.3 Å². The van der Waals surface area contributed by atoms with Gasteiger partial charge in [-0.2, -0.15) is 0 Å². The van der Waals surface area contributed by atoms with Gasteiger partial charge in [0.25, 0.3) is 0 Å². The molecule has 5 heteroatoms. The minimum atomic E-state index is 0.549. The highest BCUT2D eigenvalue weighted by Gasteiger charge is 2.20. The van der Waals surface area contributed by atoms with Crippen molar-refractivity contribution in [3.8, 4) is 0 Å². The average molecular weight is 308 g/mol. The molecule has 1 aromatic rings. The molecule has 0 aromatic carbocycles. The highest BCUT2D eigenvalue weighted by Crippen LogP contribution is 2.17. The Kier molecular flexibility index (Phi) is 6.51. The van der Waals surface area contributed by atoms with Gasteiger partial charge in [-0.15, -0.1) is 11.3 Å². The van der Waals surface area contributed by atoms with E-state index in [0.29, 0.717) is 6.04 Å². The first-order chi connectivity index (χ1) is 10.2. The van der Waals surface area contributed by atoms with Crippen LogP contribution in [0.3, 0.4) is 0 Å². The third kappa shape index (κ3) is 5.32. The topological polar surface area (TPSA) is 39.7 Å². The van der Waals surface area contributed by atoms with E-state index in [9.17, 15) is 0 Å². The highest BCUT2D eigenvalue weighted by atomic mass is 32.1. The van der Waals surface area contributed by atoms with E-state index in [1.165, 1.54) is 30.8 Å². The lowest BCUT2D eigenvalue weighted by atomic mass is 9.99. The van der Waals surface area contributed by atoms with Crippen LogP contribution in [0, 0.1) is 5.92 Å². The molecule has 1 fully saturated rings. The average Bonchev–Trinajstić information content (AvgIpc) is 3.00. The van der Waals surface area contributed by atoms with Crippen LogP contribution in [0.2, 0.25) is 0 Å². The molecule has 0 aliphatic carbocycles. The first kappa shape index (κ1) is 16.3. The lowest BCUT2D eigenvalue weighted by molar-refractivity contribution is 0.139. The molecule has 1 aliphatic rings. The van der Waals surface area contributed by atoms with Crippen LogP contribution in [0.1, 0.15) is 31.6 Å². The Morgan fingerprint density at radius 1 is 1.52 bits per heavy atom. The number of thiophene rings is 1. The molecule has 2 atom stereocenters. The minimum absolute atomic E-state index is 0.549. The number of rotatable bonds is 5. The molecule has 2 heterocycles. The normalized spacial score (nSPS) is 22.0. The molecule has 1 aromatic heterocycles. The summed E-state index contributed by atoms with van der Waals surface area (Å²) in [4.78, 5) is 8.22. The van der Waals surface area contributed by atoms with Gasteiger partial charge in [-0.3, -0.25) is 9.89 Å². The lowest BCUT2D eigenvalue weighted by Crippen LogP contribution is -2.48. The van der Waals surface area contributed by atoms with E-state index >= 15 is 0 Å². The smallest absolute Gasteiger partial charge is 0.191 e. The van der Waals surface area contributed by atoms with Gasteiger partial charge in [-0.1, -0.05) is 13.0 Å². The Bertz CT molecular complexity index is 429. The molecule has 0 saturated carbocycles. The van der Waals surface area contributed by atoms with Crippen molar-refractivity contribution in [3.63, 3.8) is 0 Å². The van der Waals surface area contributed by atoms with Gasteiger partial charge in [0.2, 0.25) is 0 Å². The summed E-state index contributed by atoms with van der Waals surface area (Å²) in [5, 5.41) is 8.92. The number of nitrogens with one attached hydrogen (secondary N) is 2. The van der Waals surface area contributed by atoms with Gasteiger partial charge in [-0.25, -0.2) is 0 Å². The van der Waals surface area contributed by atoms with Gasteiger partial charge in [-0.05, 0) is 43.7 Å². The van der Waals surface area contributed by atoms with Crippen LogP contribution in [-0.2, 0) is 6.54 Å². The van der Waals surface area contributed by atoms with E-state index in [1.807, 2.05) is 7.05 Å². The predicted octanol–water partition coefficient (Wildman–Crippen LogP) is 2.53. The molecule has 2 N–H and O–H groups in total. The van der Waals surface area contributed by atoms with Gasteiger partial charge < -0.3 is 10.6 Å². The fourth-order valence-corrected chi connectivity index (χ4v) is 3.45. The van der Waals surface area contributed by atoms with Gasteiger partial charge in [0.05, 0.1) is 6.54 Å². The number of likely N-dealkylation sites (tertiary alicyclic amines) is 1. The maximum atomic E-state index is 4.30. The van der Waals surface area contributed by atoms with E-state index in [4.69, 9.17) is 0 Å². The number of guanidine groups is 1. The number of nitrogens with zero attached hydrogens (tertiary/aromatic N) is 2. The molecule has 2 rings (SSSR count). The van der Waals surface area contributed by atoms with Gasteiger partial charge in [0.15, 0.2) is 5.96 Å². The molecular weight excluding hydrogens is 280 g/mol. The highest BCUT2D eigenvalue weighted by molar-refractivity contribution is 7.09. The maximum absolute atomic E-state index is 4.30. The molecule has 0 radical (unpaired) electrons. The van der Waals surface area contributed by atoms with E-state index in [-0.39, 0.29) is 0 Å². The third-order valence-electron chi connectivity index (χ3n) is 4.11. The van der Waals surface area contributed by atoms with Crippen molar-refractivity contribution in [1.29, 1.82) is 0 Å². The molecule has 118 valence electrons. The SMILES string of the molecule is CN=C(NCc1cccs1)NCC(C)N1CCCC(C)C1. The van der Waals surface area contributed by atoms with Gasteiger partial charge in [0, 0.05) is 31.1 Å². The zero-order valence-corrected chi connectivity index (χ0v) is 14.2. The summed E-state index contributed by atoms with van der Waals surface area (Å²) in [7, 11) is 1.83. The number of aliphatic imine (C=N–C) groups is 1. The van der Waals surface area contributed by atoms with Crippen LogP contribution in [0.4, 0.5) is 0 Å². The summed E-state index contributed by atoms with van der Waals surface area (Å²) in [6.45, 7) is 8.90. The maximum Gasteiger partial charge on any atom is 0.191 e. The summed E-state index contributed by atoms with van der Waals surface area (Å²) >= 11 is 1.77. The lowest BCUT2D eigenvalue weighted by Gasteiger charge is -2.35. The summed E-state index contributed by atoms with van der Waals surface area (Å²) in [6, 6.07) is 4.77.